The smallest absolute Gasteiger partial charge is 0.176 e. The fraction of sp³-hybridized carbons (Fsp3) is 0.500. The van der Waals surface area contributed by atoms with Gasteiger partial charge in [-0.3, -0.25) is 4.79 Å². The van der Waals surface area contributed by atoms with Crippen LogP contribution in [-0.4, -0.2) is 33.1 Å². The molecule has 0 aliphatic carbocycles. The van der Waals surface area contributed by atoms with Gasteiger partial charge in [-0.15, -0.1) is 0 Å². The summed E-state index contributed by atoms with van der Waals surface area (Å²) in [5.74, 6) is 0.114. The van der Waals surface area contributed by atoms with E-state index in [1.165, 1.54) is 5.56 Å². The first-order valence-corrected chi connectivity index (χ1v) is 5.78. The van der Waals surface area contributed by atoms with Crippen LogP contribution in [0.25, 0.3) is 0 Å². The van der Waals surface area contributed by atoms with Crippen LogP contribution in [0, 0.1) is 0 Å². The number of Topliss-reactive ketones (excluding diaryl/α,β-unsaturated/α-hetero) is 1. The van der Waals surface area contributed by atoms with Gasteiger partial charge in [-0.05, 0) is 12.6 Å². The topological polar surface area (TPSA) is 38.3 Å². The highest BCUT2D eigenvalue weighted by Crippen LogP contribution is 2.23. The molecule has 0 fully saturated rings. The van der Waals surface area contributed by atoms with Crippen LogP contribution in [0.4, 0.5) is 0 Å². The number of ketones is 1. The van der Waals surface area contributed by atoms with Crippen LogP contribution in [0.3, 0.4) is 0 Å². The number of likely N-dealkylation sites (N-methyl/N-ethyl adjacent to an activating group) is 1. The third-order valence-electron chi connectivity index (χ3n) is 2.83. The van der Waals surface area contributed by atoms with Crippen molar-refractivity contribution in [2.75, 3.05) is 27.3 Å². The number of hydrogen-bond donors (Lipinski definition) is 1. The van der Waals surface area contributed by atoms with Gasteiger partial charge in [-0.1, -0.05) is 38.1 Å². The number of ether oxygens (including phenoxy) is 1. The summed E-state index contributed by atoms with van der Waals surface area (Å²) in [7, 11) is 3.47. The van der Waals surface area contributed by atoms with E-state index in [0.717, 1.165) is 5.56 Å². The third kappa shape index (κ3) is 3.65. The maximum Gasteiger partial charge on any atom is 0.176 e. The van der Waals surface area contributed by atoms with Crippen LogP contribution in [0.2, 0.25) is 0 Å². The zero-order valence-corrected chi connectivity index (χ0v) is 11.0. The monoisotopic (exact) mass is 235 g/mol. The molecule has 0 heterocycles. The molecule has 0 atom stereocenters. The molecule has 94 valence electrons. The number of carbonyl (C=O) groups excluding carboxylic acids is 1. The van der Waals surface area contributed by atoms with E-state index < -0.39 is 0 Å². The molecule has 0 bridgehead atoms. The van der Waals surface area contributed by atoms with Crippen molar-refractivity contribution in [3.63, 3.8) is 0 Å². The van der Waals surface area contributed by atoms with Gasteiger partial charge in [0.2, 0.25) is 0 Å². The molecule has 0 saturated heterocycles. The first-order valence-electron chi connectivity index (χ1n) is 5.78. The largest absolute Gasteiger partial charge is 0.384 e. The van der Waals surface area contributed by atoms with Crippen molar-refractivity contribution in [1.29, 1.82) is 0 Å². The fourth-order valence-corrected chi connectivity index (χ4v) is 1.81. The maximum atomic E-state index is 11.6. The summed E-state index contributed by atoms with van der Waals surface area (Å²) in [6, 6.07) is 7.77. The lowest BCUT2D eigenvalue weighted by molar-refractivity contribution is 0.0993. The number of nitrogens with one attached hydrogen (secondary N) is 1. The summed E-state index contributed by atoms with van der Waals surface area (Å²) < 4.78 is 5.20. The highest BCUT2D eigenvalue weighted by atomic mass is 16.5. The van der Waals surface area contributed by atoms with Gasteiger partial charge in [0, 0.05) is 18.1 Å². The Morgan fingerprint density at radius 3 is 2.35 bits per heavy atom. The van der Waals surface area contributed by atoms with Gasteiger partial charge in [0.05, 0.1) is 13.2 Å². The minimum absolute atomic E-state index is 0.0284. The molecule has 0 radical (unpaired) electrons. The Morgan fingerprint density at radius 1 is 1.29 bits per heavy atom. The molecule has 1 N–H and O–H groups in total. The summed E-state index contributed by atoms with van der Waals surface area (Å²) in [6.45, 7) is 5.29. The zero-order chi connectivity index (χ0) is 12.9. The minimum atomic E-state index is -0.0284. The average Bonchev–Trinajstić information content (AvgIpc) is 2.29. The second kappa shape index (κ2) is 5.94. The standard InChI is InChI=1S/C14H21NO2/c1-14(2,10-17-4)12-7-5-11(6-8-12)13(16)9-15-3/h5-8,15H,9-10H2,1-4H3. The molecule has 0 saturated carbocycles. The number of methoxy groups -OCH3 is 1. The first-order chi connectivity index (χ1) is 8.01. The molecular formula is C14H21NO2. The molecule has 1 aromatic rings. The van der Waals surface area contributed by atoms with E-state index in [2.05, 4.69) is 19.2 Å². The van der Waals surface area contributed by atoms with Crippen molar-refractivity contribution in [2.24, 2.45) is 0 Å². The normalized spacial score (nSPS) is 11.5. The Balaban J connectivity index is 2.84. The van der Waals surface area contributed by atoms with Gasteiger partial charge in [0.25, 0.3) is 0 Å². The van der Waals surface area contributed by atoms with E-state index >= 15 is 0 Å². The molecule has 3 nitrogen and oxygen atoms in total. The summed E-state index contributed by atoms with van der Waals surface area (Å²) in [6.07, 6.45) is 0. The van der Waals surface area contributed by atoms with Gasteiger partial charge in [-0.25, -0.2) is 0 Å². The Labute approximate surface area is 103 Å². The summed E-state index contributed by atoms with van der Waals surface area (Å²) in [5, 5.41) is 2.86. The van der Waals surface area contributed by atoms with Crippen molar-refractivity contribution in [3.8, 4) is 0 Å². The molecule has 0 amide bonds. The first kappa shape index (κ1) is 13.9. The van der Waals surface area contributed by atoms with Crippen LogP contribution in [0.1, 0.15) is 29.8 Å². The maximum absolute atomic E-state index is 11.6. The minimum Gasteiger partial charge on any atom is -0.384 e. The SMILES string of the molecule is CNCC(=O)c1ccc(C(C)(C)COC)cc1. The number of benzene rings is 1. The van der Waals surface area contributed by atoms with Crippen LogP contribution in [0.5, 0.6) is 0 Å². The van der Waals surface area contributed by atoms with Crippen LogP contribution in [-0.2, 0) is 10.2 Å². The lowest BCUT2D eigenvalue weighted by atomic mass is 9.85. The summed E-state index contributed by atoms with van der Waals surface area (Å²) >= 11 is 0. The van der Waals surface area contributed by atoms with Gasteiger partial charge in [0.15, 0.2) is 5.78 Å². The molecule has 0 spiro atoms. The van der Waals surface area contributed by atoms with Crippen LogP contribution < -0.4 is 5.32 Å². The van der Waals surface area contributed by atoms with E-state index in [-0.39, 0.29) is 11.2 Å². The number of rotatable bonds is 6. The van der Waals surface area contributed by atoms with E-state index in [0.29, 0.717) is 13.2 Å². The van der Waals surface area contributed by atoms with Gasteiger partial charge in [-0.2, -0.15) is 0 Å². The lowest BCUT2D eigenvalue weighted by Crippen LogP contribution is -2.24. The molecule has 0 aromatic heterocycles. The molecule has 0 aliphatic rings. The quantitative estimate of drug-likeness (QED) is 0.767. The Morgan fingerprint density at radius 2 is 1.88 bits per heavy atom. The Kier molecular flexibility index (Phi) is 4.85. The summed E-state index contributed by atoms with van der Waals surface area (Å²) in [4.78, 5) is 11.6. The van der Waals surface area contributed by atoms with Crippen molar-refractivity contribution in [2.45, 2.75) is 19.3 Å². The third-order valence-corrected chi connectivity index (χ3v) is 2.83. The molecule has 1 rings (SSSR count). The molecule has 1 aromatic carbocycles. The van der Waals surface area contributed by atoms with Crippen LogP contribution >= 0.6 is 0 Å². The second-order valence-corrected chi connectivity index (χ2v) is 4.85. The molecule has 0 unspecified atom stereocenters. The van der Waals surface area contributed by atoms with Crippen molar-refractivity contribution in [3.05, 3.63) is 35.4 Å². The van der Waals surface area contributed by atoms with Crippen molar-refractivity contribution < 1.29 is 9.53 Å². The van der Waals surface area contributed by atoms with Gasteiger partial charge >= 0.3 is 0 Å². The van der Waals surface area contributed by atoms with Gasteiger partial charge in [0.1, 0.15) is 0 Å². The van der Waals surface area contributed by atoms with Crippen LogP contribution in [0.15, 0.2) is 24.3 Å². The molecule has 3 heteroatoms. The lowest BCUT2D eigenvalue weighted by Gasteiger charge is -2.24. The molecular weight excluding hydrogens is 214 g/mol. The van der Waals surface area contributed by atoms with E-state index in [4.69, 9.17) is 4.74 Å². The van der Waals surface area contributed by atoms with E-state index in [1.807, 2.05) is 24.3 Å². The highest BCUT2D eigenvalue weighted by Gasteiger charge is 2.20. The molecule has 0 aliphatic heterocycles. The predicted molar refractivity (Wildman–Crippen MR) is 69.6 cm³/mol. The fourth-order valence-electron chi connectivity index (χ4n) is 1.81. The van der Waals surface area contributed by atoms with Gasteiger partial charge < -0.3 is 10.1 Å². The second-order valence-electron chi connectivity index (χ2n) is 4.85. The van der Waals surface area contributed by atoms with Crippen molar-refractivity contribution >= 4 is 5.78 Å². The van der Waals surface area contributed by atoms with E-state index in [9.17, 15) is 4.79 Å². The zero-order valence-electron chi connectivity index (χ0n) is 11.0. The molecule has 17 heavy (non-hydrogen) atoms. The Bertz CT molecular complexity index is 368. The number of hydrogen-bond acceptors (Lipinski definition) is 3. The summed E-state index contributed by atoms with van der Waals surface area (Å²) in [5.41, 5.74) is 1.90. The highest BCUT2D eigenvalue weighted by molar-refractivity contribution is 5.97. The Hall–Kier alpha value is -1.19. The van der Waals surface area contributed by atoms with E-state index in [1.54, 1.807) is 14.2 Å². The van der Waals surface area contributed by atoms with Crippen molar-refractivity contribution in [1.82, 2.24) is 5.32 Å². The average molecular weight is 235 g/mol. The number of carbonyl (C=O) groups is 1. The predicted octanol–water partition coefficient (Wildman–Crippen LogP) is 2.01.